The summed E-state index contributed by atoms with van der Waals surface area (Å²) in [6.07, 6.45) is 4.11. The smallest absolute Gasteiger partial charge is 0.140 e. The molecule has 0 amide bonds. The van der Waals surface area contributed by atoms with E-state index < -0.39 is 0 Å². The average Bonchev–Trinajstić information content (AvgIpc) is 2.50. The molecular formula is C17H21BrO3. The van der Waals surface area contributed by atoms with Gasteiger partial charge in [-0.25, -0.2) is 0 Å². The van der Waals surface area contributed by atoms with E-state index in [4.69, 9.17) is 9.47 Å². The highest BCUT2D eigenvalue weighted by molar-refractivity contribution is 9.10. The summed E-state index contributed by atoms with van der Waals surface area (Å²) >= 11 is 3.42. The molecule has 114 valence electrons. The standard InChI is InChI=1S/C17H21BrO3/c18-15-3-1-13(2-4-15)11-16(19)14-5-8-21-17(12-14)6-9-20-10-7-17/h1-4,14H,5-12H2. The van der Waals surface area contributed by atoms with Crippen molar-refractivity contribution in [3.05, 3.63) is 34.3 Å². The van der Waals surface area contributed by atoms with Gasteiger partial charge >= 0.3 is 0 Å². The minimum absolute atomic E-state index is 0.101. The Morgan fingerprint density at radius 3 is 2.62 bits per heavy atom. The number of ketones is 1. The average molecular weight is 353 g/mol. The number of benzene rings is 1. The van der Waals surface area contributed by atoms with Crippen molar-refractivity contribution in [2.45, 2.75) is 37.7 Å². The van der Waals surface area contributed by atoms with Crippen molar-refractivity contribution in [1.29, 1.82) is 0 Å². The molecule has 2 aliphatic heterocycles. The third-order valence-electron chi connectivity index (χ3n) is 4.64. The van der Waals surface area contributed by atoms with E-state index >= 15 is 0 Å². The fourth-order valence-corrected chi connectivity index (χ4v) is 3.61. The van der Waals surface area contributed by atoms with Crippen molar-refractivity contribution in [3.63, 3.8) is 0 Å². The third-order valence-corrected chi connectivity index (χ3v) is 5.17. The van der Waals surface area contributed by atoms with Crippen molar-refractivity contribution in [2.24, 2.45) is 5.92 Å². The van der Waals surface area contributed by atoms with Gasteiger partial charge in [0, 0.05) is 36.6 Å². The number of carbonyl (C=O) groups excluding carboxylic acids is 1. The van der Waals surface area contributed by atoms with Crippen LogP contribution in [-0.2, 0) is 20.7 Å². The fraction of sp³-hybridized carbons (Fsp3) is 0.588. The number of halogens is 1. The van der Waals surface area contributed by atoms with Crippen LogP contribution in [0, 0.1) is 5.92 Å². The minimum Gasteiger partial charge on any atom is -0.381 e. The number of hydrogen-bond donors (Lipinski definition) is 0. The molecule has 3 nitrogen and oxygen atoms in total. The molecule has 3 rings (SSSR count). The van der Waals surface area contributed by atoms with Crippen LogP contribution in [0.25, 0.3) is 0 Å². The van der Waals surface area contributed by atoms with Crippen molar-refractivity contribution < 1.29 is 14.3 Å². The highest BCUT2D eigenvalue weighted by atomic mass is 79.9. The van der Waals surface area contributed by atoms with E-state index in [2.05, 4.69) is 15.9 Å². The van der Waals surface area contributed by atoms with Gasteiger partial charge in [0.1, 0.15) is 5.78 Å². The van der Waals surface area contributed by atoms with Crippen LogP contribution in [0.2, 0.25) is 0 Å². The topological polar surface area (TPSA) is 35.5 Å². The second-order valence-corrected chi connectivity index (χ2v) is 7.02. The summed E-state index contributed by atoms with van der Waals surface area (Å²) in [5, 5.41) is 0. The molecule has 2 heterocycles. The van der Waals surface area contributed by atoms with Crippen LogP contribution in [0.4, 0.5) is 0 Å². The van der Waals surface area contributed by atoms with Crippen molar-refractivity contribution in [3.8, 4) is 0 Å². The van der Waals surface area contributed by atoms with E-state index in [1.165, 1.54) is 0 Å². The Morgan fingerprint density at radius 2 is 1.90 bits per heavy atom. The first-order chi connectivity index (χ1) is 10.2. The molecule has 2 aliphatic rings. The van der Waals surface area contributed by atoms with E-state index in [9.17, 15) is 4.79 Å². The zero-order chi connectivity index (χ0) is 14.7. The van der Waals surface area contributed by atoms with Crippen molar-refractivity contribution in [2.75, 3.05) is 19.8 Å². The lowest BCUT2D eigenvalue weighted by Crippen LogP contribution is -2.46. The molecule has 0 radical (unpaired) electrons. The van der Waals surface area contributed by atoms with Gasteiger partial charge in [0.2, 0.25) is 0 Å². The molecule has 1 aromatic carbocycles. The van der Waals surface area contributed by atoms with Gasteiger partial charge in [0.15, 0.2) is 0 Å². The lowest BCUT2D eigenvalue weighted by atomic mass is 9.78. The Bertz CT molecular complexity index is 486. The Labute approximate surface area is 134 Å². The first-order valence-electron chi connectivity index (χ1n) is 7.66. The molecule has 4 heteroatoms. The number of ether oxygens (including phenoxy) is 2. The molecule has 1 aromatic rings. The van der Waals surface area contributed by atoms with E-state index in [1.807, 2.05) is 24.3 Å². The summed E-state index contributed by atoms with van der Waals surface area (Å²) < 4.78 is 12.5. The molecule has 0 saturated carbocycles. The summed E-state index contributed by atoms with van der Waals surface area (Å²) in [5.41, 5.74) is 0.993. The normalized spacial score (nSPS) is 24.9. The monoisotopic (exact) mass is 352 g/mol. The molecule has 0 bridgehead atoms. The Kier molecular flexibility index (Phi) is 4.77. The van der Waals surface area contributed by atoms with Crippen LogP contribution in [0.5, 0.6) is 0 Å². The molecule has 2 fully saturated rings. The van der Waals surface area contributed by atoms with Gasteiger partial charge in [-0.2, -0.15) is 0 Å². The summed E-state index contributed by atoms with van der Waals surface area (Å²) in [7, 11) is 0. The number of rotatable bonds is 3. The molecule has 1 unspecified atom stereocenters. The van der Waals surface area contributed by atoms with Gasteiger partial charge in [0.05, 0.1) is 5.60 Å². The van der Waals surface area contributed by atoms with Crippen molar-refractivity contribution in [1.82, 2.24) is 0 Å². The van der Waals surface area contributed by atoms with Gasteiger partial charge in [-0.05, 0) is 43.4 Å². The zero-order valence-corrected chi connectivity index (χ0v) is 13.7. The van der Waals surface area contributed by atoms with Gasteiger partial charge in [-0.1, -0.05) is 28.1 Å². The third kappa shape index (κ3) is 3.74. The van der Waals surface area contributed by atoms with E-state index in [0.29, 0.717) is 18.8 Å². The van der Waals surface area contributed by atoms with E-state index in [-0.39, 0.29) is 11.5 Å². The lowest BCUT2D eigenvalue weighted by molar-refractivity contribution is -0.156. The van der Waals surface area contributed by atoms with Crippen LogP contribution >= 0.6 is 15.9 Å². The highest BCUT2D eigenvalue weighted by Crippen LogP contribution is 2.37. The Balaban J connectivity index is 1.62. The molecule has 1 atom stereocenters. The maximum absolute atomic E-state index is 12.6. The Hall–Kier alpha value is -0.710. The van der Waals surface area contributed by atoms with Crippen LogP contribution in [0.1, 0.15) is 31.2 Å². The van der Waals surface area contributed by atoms with Crippen molar-refractivity contribution >= 4 is 21.7 Å². The number of hydrogen-bond acceptors (Lipinski definition) is 3. The van der Waals surface area contributed by atoms with Gasteiger partial charge in [0.25, 0.3) is 0 Å². The predicted molar refractivity (Wildman–Crippen MR) is 84.3 cm³/mol. The van der Waals surface area contributed by atoms with E-state index in [0.717, 1.165) is 48.9 Å². The summed E-state index contributed by atoms with van der Waals surface area (Å²) in [6.45, 7) is 2.22. The second-order valence-electron chi connectivity index (χ2n) is 6.10. The van der Waals surface area contributed by atoms with Crippen LogP contribution in [0.3, 0.4) is 0 Å². The van der Waals surface area contributed by atoms with E-state index in [1.54, 1.807) is 0 Å². The first-order valence-corrected chi connectivity index (χ1v) is 8.45. The van der Waals surface area contributed by atoms with Gasteiger partial charge in [-0.3, -0.25) is 4.79 Å². The zero-order valence-electron chi connectivity index (χ0n) is 12.1. The van der Waals surface area contributed by atoms with Crippen LogP contribution < -0.4 is 0 Å². The van der Waals surface area contributed by atoms with Crippen LogP contribution in [-0.4, -0.2) is 31.2 Å². The predicted octanol–water partition coefficient (Wildman–Crippen LogP) is 3.54. The molecule has 1 spiro atoms. The molecular weight excluding hydrogens is 332 g/mol. The minimum atomic E-state index is -0.101. The molecule has 2 saturated heterocycles. The molecule has 0 aliphatic carbocycles. The maximum Gasteiger partial charge on any atom is 0.140 e. The Morgan fingerprint density at radius 1 is 1.19 bits per heavy atom. The fourth-order valence-electron chi connectivity index (χ4n) is 3.34. The lowest BCUT2D eigenvalue weighted by Gasteiger charge is -2.43. The second kappa shape index (κ2) is 6.59. The highest BCUT2D eigenvalue weighted by Gasteiger charge is 2.40. The number of Topliss-reactive ketones (excluding diaryl/α,β-unsaturated/α-hetero) is 1. The quantitative estimate of drug-likeness (QED) is 0.834. The largest absolute Gasteiger partial charge is 0.381 e. The number of carbonyl (C=O) groups is 1. The first kappa shape index (κ1) is 15.2. The maximum atomic E-state index is 12.6. The summed E-state index contributed by atoms with van der Waals surface area (Å²) in [5.74, 6) is 0.493. The SMILES string of the molecule is O=C(Cc1ccc(Br)cc1)C1CCOC2(CCOCC2)C1. The summed E-state index contributed by atoms with van der Waals surface area (Å²) in [6, 6.07) is 8.02. The van der Waals surface area contributed by atoms with Gasteiger partial charge in [-0.15, -0.1) is 0 Å². The van der Waals surface area contributed by atoms with Gasteiger partial charge < -0.3 is 9.47 Å². The molecule has 21 heavy (non-hydrogen) atoms. The molecule has 0 N–H and O–H groups in total. The van der Waals surface area contributed by atoms with Crippen LogP contribution in [0.15, 0.2) is 28.7 Å². The summed E-state index contributed by atoms with van der Waals surface area (Å²) in [4.78, 5) is 12.6. The molecule has 0 aromatic heterocycles.